The fourth-order valence-corrected chi connectivity index (χ4v) is 2.02. The van der Waals surface area contributed by atoms with E-state index in [1.54, 1.807) is 0 Å². The molecule has 2 heteroatoms. The molecular weight excluding hydrogens is 236 g/mol. The summed E-state index contributed by atoms with van der Waals surface area (Å²) >= 11 is 0. The van der Waals surface area contributed by atoms with Gasteiger partial charge in [-0.05, 0) is 18.3 Å². The number of rotatable bonds is 8. The molecule has 0 aromatic rings. The Balaban J connectivity index is 3.57. The van der Waals surface area contributed by atoms with Gasteiger partial charge in [0, 0.05) is 24.7 Å². The van der Waals surface area contributed by atoms with Gasteiger partial charge in [0.05, 0.1) is 0 Å². The van der Waals surface area contributed by atoms with E-state index in [2.05, 4.69) is 20.8 Å². The van der Waals surface area contributed by atoms with Crippen molar-refractivity contribution in [3.63, 3.8) is 0 Å². The first kappa shape index (κ1) is 18.3. The molecule has 0 N–H and O–H groups in total. The van der Waals surface area contributed by atoms with Crippen molar-refractivity contribution in [2.75, 3.05) is 0 Å². The standard InChI is InChI=1S/C17H32O2/c1-16(2,3)13-14(18)11-9-7-8-10-12-15(19)17(4,5)6/h7-13H2,1-6H3. The van der Waals surface area contributed by atoms with E-state index in [1.165, 1.54) is 0 Å². The molecule has 0 unspecified atom stereocenters. The third kappa shape index (κ3) is 10.9. The average Bonchev–Trinajstić information content (AvgIpc) is 2.18. The van der Waals surface area contributed by atoms with Crippen LogP contribution in [0.3, 0.4) is 0 Å². The van der Waals surface area contributed by atoms with Gasteiger partial charge in [-0.15, -0.1) is 0 Å². The molecule has 2 nitrogen and oxygen atoms in total. The molecule has 0 aromatic carbocycles. The molecule has 0 spiro atoms. The normalized spacial score (nSPS) is 12.5. The van der Waals surface area contributed by atoms with Gasteiger partial charge in [-0.25, -0.2) is 0 Å². The zero-order chi connectivity index (χ0) is 15.1. The van der Waals surface area contributed by atoms with Crippen LogP contribution in [-0.4, -0.2) is 11.6 Å². The van der Waals surface area contributed by atoms with Gasteiger partial charge in [-0.3, -0.25) is 9.59 Å². The lowest BCUT2D eigenvalue weighted by atomic mass is 9.87. The predicted octanol–water partition coefficient (Wildman–Crippen LogP) is 4.95. The molecule has 0 aromatic heterocycles. The number of Topliss-reactive ketones (excluding diaryl/α,β-unsaturated/α-hetero) is 2. The molecule has 0 atom stereocenters. The highest BCUT2D eigenvalue weighted by Crippen LogP contribution is 2.21. The maximum Gasteiger partial charge on any atom is 0.138 e. The third-order valence-corrected chi connectivity index (χ3v) is 3.17. The molecule has 0 aliphatic carbocycles. The third-order valence-electron chi connectivity index (χ3n) is 3.17. The molecule has 0 heterocycles. The first-order valence-corrected chi connectivity index (χ1v) is 7.57. The van der Waals surface area contributed by atoms with Crippen LogP contribution in [0.4, 0.5) is 0 Å². The van der Waals surface area contributed by atoms with Crippen molar-refractivity contribution in [3.05, 3.63) is 0 Å². The summed E-state index contributed by atoms with van der Waals surface area (Å²) in [7, 11) is 0. The molecule has 19 heavy (non-hydrogen) atoms. The van der Waals surface area contributed by atoms with E-state index in [0.29, 0.717) is 30.8 Å². The van der Waals surface area contributed by atoms with Crippen molar-refractivity contribution >= 4 is 11.6 Å². The summed E-state index contributed by atoms with van der Waals surface area (Å²) < 4.78 is 0. The van der Waals surface area contributed by atoms with E-state index in [4.69, 9.17) is 0 Å². The SMILES string of the molecule is CC(C)(C)CC(=O)CCCCCCC(=O)C(C)(C)C. The smallest absolute Gasteiger partial charge is 0.138 e. The van der Waals surface area contributed by atoms with E-state index in [9.17, 15) is 9.59 Å². The first-order valence-electron chi connectivity index (χ1n) is 7.57. The summed E-state index contributed by atoms with van der Waals surface area (Å²) in [6.07, 6.45) is 6.11. The Morgan fingerprint density at radius 1 is 0.737 bits per heavy atom. The molecule has 0 aliphatic rings. The molecule has 0 aliphatic heterocycles. The monoisotopic (exact) mass is 268 g/mol. The Kier molecular flexibility index (Phi) is 7.54. The van der Waals surface area contributed by atoms with Crippen molar-refractivity contribution in [2.45, 2.75) is 86.5 Å². The minimum absolute atomic E-state index is 0.107. The minimum atomic E-state index is -0.206. The van der Waals surface area contributed by atoms with Crippen molar-refractivity contribution in [3.8, 4) is 0 Å². The number of ketones is 2. The van der Waals surface area contributed by atoms with Crippen molar-refractivity contribution < 1.29 is 9.59 Å². The lowest BCUT2D eigenvalue weighted by Crippen LogP contribution is -2.19. The summed E-state index contributed by atoms with van der Waals surface area (Å²) in [6, 6.07) is 0. The molecule has 112 valence electrons. The maximum absolute atomic E-state index is 11.7. The van der Waals surface area contributed by atoms with E-state index < -0.39 is 0 Å². The van der Waals surface area contributed by atoms with Crippen LogP contribution in [0.25, 0.3) is 0 Å². The van der Waals surface area contributed by atoms with Crippen LogP contribution < -0.4 is 0 Å². The van der Waals surface area contributed by atoms with Crippen LogP contribution in [0, 0.1) is 10.8 Å². The van der Waals surface area contributed by atoms with Crippen LogP contribution in [0.1, 0.15) is 86.5 Å². The molecular formula is C17H32O2. The zero-order valence-electron chi connectivity index (χ0n) is 13.8. The van der Waals surface area contributed by atoms with Crippen LogP contribution in [0.5, 0.6) is 0 Å². The Morgan fingerprint density at radius 2 is 1.21 bits per heavy atom. The molecule has 0 bridgehead atoms. The van der Waals surface area contributed by atoms with E-state index in [0.717, 1.165) is 25.7 Å². The van der Waals surface area contributed by atoms with Gasteiger partial charge < -0.3 is 0 Å². The Hall–Kier alpha value is -0.660. The van der Waals surface area contributed by atoms with Gasteiger partial charge in [0.1, 0.15) is 11.6 Å². The maximum atomic E-state index is 11.7. The Bertz CT molecular complexity index is 289. The quantitative estimate of drug-likeness (QED) is 0.584. The molecule has 0 saturated carbocycles. The summed E-state index contributed by atoms with van der Waals surface area (Å²) in [5.74, 6) is 0.717. The van der Waals surface area contributed by atoms with Crippen LogP contribution in [0.15, 0.2) is 0 Å². The Morgan fingerprint density at radius 3 is 1.63 bits per heavy atom. The highest BCUT2D eigenvalue weighted by atomic mass is 16.1. The minimum Gasteiger partial charge on any atom is -0.300 e. The van der Waals surface area contributed by atoms with Gasteiger partial charge in [0.25, 0.3) is 0 Å². The Labute approximate surface area is 119 Å². The predicted molar refractivity (Wildman–Crippen MR) is 81.2 cm³/mol. The fraction of sp³-hybridized carbons (Fsp3) is 0.882. The molecule has 0 saturated heterocycles. The zero-order valence-corrected chi connectivity index (χ0v) is 13.8. The number of carbonyl (C=O) groups excluding carboxylic acids is 2. The van der Waals surface area contributed by atoms with Gasteiger partial charge in [-0.2, -0.15) is 0 Å². The lowest BCUT2D eigenvalue weighted by Gasteiger charge is -2.17. The summed E-state index contributed by atoms with van der Waals surface area (Å²) in [5, 5.41) is 0. The summed E-state index contributed by atoms with van der Waals surface area (Å²) in [5.41, 5.74) is -0.0983. The second-order valence-electron chi connectivity index (χ2n) is 7.86. The molecule has 0 fully saturated rings. The van der Waals surface area contributed by atoms with Crippen molar-refractivity contribution in [2.24, 2.45) is 10.8 Å². The van der Waals surface area contributed by atoms with E-state index >= 15 is 0 Å². The first-order chi connectivity index (χ1) is 8.52. The van der Waals surface area contributed by atoms with Gasteiger partial charge >= 0.3 is 0 Å². The van der Waals surface area contributed by atoms with Crippen molar-refractivity contribution in [1.82, 2.24) is 0 Å². The average molecular weight is 268 g/mol. The van der Waals surface area contributed by atoms with Gasteiger partial charge in [0.15, 0.2) is 0 Å². The fourth-order valence-electron chi connectivity index (χ4n) is 2.02. The largest absolute Gasteiger partial charge is 0.300 e. The summed E-state index contributed by atoms with van der Waals surface area (Å²) in [4.78, 5) is 23.4. The second kappa shape index (κ2) is 7.81. The second-order valence-corrected chi connectivity index (χ2v) is 7.86. The highest BCUT2D eigenvalue weighted by Gasteiger charge is 2.20. The number of unbranched alkanes of at least 4 members (excludes halogenated alkanes) is 3. The number of hydrogen-bond donors (Lipinski definition) is 0. The van der Waals surface area contributed by atoms with E-state index in [1.807, 2.05) is 20.8 Å². The molecule has 0 amide bonds. The lowest BCUT2D eigenvalue weighted by molar-refractivity contribution is -0.126. The topological polar surface area (TPSA) is 34.1 Å². The van der Waals surface area contributed by atoms with Crippen LogP contribution in [-0.2, 0) is 9.59 Å². The van der Waals surface area contributed by atoms with E-state index in [-0.39, 0.29) is 10.8 Å². The highest BCUT2D eigenvalue weighted by molar-refractivity contribution is 5.83. The molecule has 0 radical (unpaired) electrons. The molecule has 0 rings (SSSR count). The van der Waals surface area contributed by atoms with Crippen molar-refractivity contribution in [1.29, 1.82) is 0 Å². The number of hydrogen-bond acceptors (Lipinski definition) is 2. The van der Waals surface area contributed by atoms with Crippen LogP contribution in [0.2, 0.25) is 0 Å². The van der Waals surface area contributed by atoms with Crippen LogP contribution >= 0.6 is 0 Å². The number of carbonyl (C=O) groups is 2. The van der Waals surface area contributed by atoms with Gasteiger partial charge in [-0.1, -0.05) is 54.4 Å². The van der Waals surface area contributed by atoms with Gasteiger partial charge in [0.2, 0.25) is 0 Å². The summed E-state index contributed by atoms with van der Waals surface area (Å²) in [6.45, 7) is 12.2.